The zero-order chi connectivity index (χ0) is 12.4. The first-order valence-electron chi connectivity index (χ1n) is 5.81. The second-order valence-electron chi connectivity index (χ2n) is 4.49. The molecule has 1 aliphatic carbocycles. The fraction of sp³-hybridized carbons (Fsp3) is 0.583. The van der Waals surface area contributed by atoms with Gasteiger partial charge in [-0.3, -0.25) is 0 Å². The number of likely N-dealkylation sites (N-methyl/N-ethyl adjacent to an activating group) is 1. The van der Waals surface area contributed by atoms with E-state index < -0.39 is 0 Å². The maximum atomic E-state index is 10.0. The molecule has 2 atom stereocenters. The SMILES string of the molecule is CN(c1ncc(Cl)cc1Cl)C1CCCCC1O. The van der Waals surface area contributed by atoms with Crippen molar-refractivity contribution in [2.75, 3.05) is 11.9 Å². The smallest absolute Gasteiger partial charge is 0.147 e. The fourth-order valence-corrected chi connectivity index (χ4v) is 2.88. The molecule has 1 aromatic heterocycles. The van der Waals surface area contributed by atoms with E-state index in [9.17, 15) is 5.11 Å². The minimum absolute atomic E-state index is 0.0925. The summed E-state index contributed by atoms with van der Waals surface area (Å²) in [6.07, 6.45) is 5.32. The first kappa shape index (κ1) is 12.9. The summed E-state index contributed by atoms with van der Waals surface area (Å²) in [4.78, 5) is 6.20. The first-order chi connectivity index (χ1) is 8.09. The molecule has 94 valence electrons. The predicted molar refractivity (Wildman–Crippen MR) is 70.9 cm³/mol. The molecule has 0 bridgehead atoms. The summed E-state index contributed by atoms with van der Waals surface area (Å²) < 4.78 is 0. The third-order valence-corrected chi connectivity index (χ3v) is 3.80. The summed E-state index contributed by atoms with van der Waals surface area (Å²) in [7, 11) is 1.92. The first-order valence-corrected chi connectivity index (χ1v) is 6.57. The second kappa shape index (κ2) is 5.42. The summed E-state index contributed by atoms with van der Waals surface area (Å²) in [5, 5.41) is 11.1. The molecular formula is C12H16Cl2N2O. The topological polar surface area (TPSA) is 36.4 Å². The largest absolute Gasteiger partial charge is 0.391 e. The highest BCUT2D eigenvalue weighted by molar-refractivity contribution is 6.36. The van der Waals surface area contributed by atoms with Crippen molar-refractivity contribution in [1.82, 2.24) is 4.98 Å². The molecule has 17 heavy (non-hydrogen) atoms. The lowest BCUT2D eigenvalue weighted by molar-refractivity contribution is 0.106. The lowest BCUT2D eigenvalue weighted by Gasteiger charge is -2.36. The van der Waals surface area contributed by atoms with Gasteiger partial charge in [0.25, 0.3) is 0 Å². The molecule has 5 heteroatoms. The average molecular weight is 275 g/mol. The molecule has 0 aliphatic heterocycles. The van der Waals surface area contributed by atoms with E-state index in [1.165, 1.54) is 0 Å². The molecule has 1 saturated carbocycles. The highest BCUT2D eigenvalue weighted by Crippen LogP contribution is 2.30. The molecule has 1 aliphatic rings. The van der Waals surface area contributed by atoms with Crippen molar-refractivity contribution in [3.05, 3.63) is 22.3 Å². The molecule has 2 rings (SSSR count). The zero-order valence-corrected chi connectivity index (χ0v) is 11.2. The van der Waals surface area contributed by atoms with E-state index in [4.69, 9.17) is 23.2 Å². The van der Waals surface area contributed by atoms with Crippen LogP contribution in [0, 0.1) is 0 Å². The summed E-state index contributed by atoms with van der Waals surface area (Å²) in [5.41, 5.74) is 0. The molecule has 0 spiro atoms. The molecule has 1 aromatic rings. The number of aromatic nitrogens is 1. The Morgan fingerprint density at radius 1 is 1.35 bits per heavy atom. The van der Waals surface area contributed by atoms with Crippen LogP contribution in [0.4, 0.5) is 5.82 Å². The Bertz CT molecular complexity index is 400. The van der Waals surface area contributed by atoms with Crippen LogP contribution in [0.5, 0.6) is 0 Å². The maximum absolute atomic E-state index is 10.0. The van der Waals surface area contributed by atoms with Crippen LogP contribution in [-0.2, 0) is 0 Å². The van der Waals surface area contributed by atoms with Crippen molar-refractivity contribution in [3.8, 4) is 0 Å². The number of nitrogens with zero attached hydrogens (tertiary/aromatic N) is 2. The fourth-order valence-electron chi connectivity index (χ4n) is 2.37. The van der Waals surface area contributed by atoms with Crippen LogP contribution in [0.2, 0.25) is 10.0 Å². The molecule has 0 amide bonds. The van der Waals surface area contributed by atoms with E-state index in [2.05, 4.69) is 4.98 Å². The van der Waals surface area contributed by atoms with Crippen LogP contribution in [0.15, 0.2) is 12.3 Å². The highest BCUT2D eigenvalue weighted by Gasteiger charge is 2.28. The van der Waals surface area contributed by atoms with Crippen molar-refractivity contribution in [3.63, 3.8) is 0 Å². The summed E-state index contributed by atoms with van der Waals surface area (Å²) in [6.45, 7) is 0. The monoisotopic (exact) mass is 274 g/mol. The van der Waals surface area contributed by atoms with E-state index in [1.807, 2.05) is 11.9 Å². The van der Waals surface area contributed by atoms with Gasteiger partial charge in [0.2, 0.25) is 0 Å². The van der Waals surface area contributed by atoms with Gasteiger partial charge >= 0.3 is 0 Å². The number of hydrogen-bond acceptors (Lipinski definition) is 3. The van der Waals surface area contributed by atoms with Crippen molar-refractivity contribution in [1.29, 1.82) is 0 Å². The van der Waals surface area contributed by atoms with Crippen LogP contribution in [0.1, 0.15) is 25.7 Å². The van der Waals surface area contributed by atoms with Crippen LogP contribution >= 0.6 is 23.2 Å². The highest BCUT2D eigenvalue weighted by atomic mass is 35.5. The normalized spacial score (nSPS) is 24.7. The molecule has 2 unspecified atom stereocenters. The number of anilines is 1. The number of pyridine rings is 1. The second-order valence-corrected chi connectivity index (χ2v) is 5.33. The molecule has 1 fully saturated rings. The quantitative estimate of drug-likeness (QED) is 0.900. The van der Waals surface area contributed by atoms with Crippen LogP contribution < -0.4 is 4.90 Å². The summed E-state index contributed by atoms with van der Waals surface area (Å²) in [5.74, 6) is 0.682. The van der Waals surface area contributed by atoms with Gasteiger partial charge in [0, 0.05) is 13.2 Å². The van der Waals surface area contributed by atoms with Gasteiger partial charge in [0.15, 0.2) is 0 Å². The lowest BCUT2D eigenvalue weighted by atomic mass is 9.91. The van der Waals surface area contributed by atoms with Crippen LogP contribution in [0.25, 0.3) is 0 Å². The number of rotatable bonds is 2. The Morgan fingerprint density at radius 2 is 2.06 bits per heavy atom. The third kappa shape index (κ3) is 2.84. The maximum Gasteiger partial charge on any atom is 0.147 e. The number of hydrogen-bond donors (Lipinski definition) is 1. The van der Waals surface area contributed by atoms with Crippen molar-refractivity contribution >= 4 is 29.0 Å². The van der Waals surface area contributed by atoms with E-state index >= 15 is 0 Å². The van der Waals surface area contributed by atoms with E-state index in [0.717, 1.165) is 25.7 Å². The van der Waals surface area contributed by atoms with Gasteiger partial charge in [-0.15, -0.1) is 0 Å². The Labute approximate surface area is 111 Å². The van der Waals surface area contributed by atoms with Gasteiger partial charge in [-0.1, -0.05) is 36.0 Å². The van der Waals surface area contributed by atoms with Crippen LogP contribution in [-0.4, -0.2) is 29.3 Å². The molecule has 1 N–H and O–H groups in total. The Morgan fingerprint density at radius 3 is 2.71 bits per heavy atom. The minimum Gasteiger partial charge on any atom is -0.391 e. The van der Waals surface area contributed by atoms with Gasteiger partial charge in [0.1, 0.15) is 5.82 Å². The Hall–Kier alpha value is -0.510. The van der Waals surface area contributed by atoms with Crippen molar-refractivity contribution < 1.29 is 5.11 Å². The van der Waals surface area contributed by atoms with Crippen molar-refractivity contribution in [2.45, 2.75) is 37.8 Å². The average Bonchev–Trinajstić information content (AvgIpc) is 2.29. The van der Waals surface area contributed by atoms with Gasteiger partial charge < -0.3 is 10.0 Å². The number of aliphatic hydroxyl groups is 1. The lowest BCUT2D eigenvalue weighted by Crippen LogP contribution is -2.43. The van der Waals surface area contributed by atoms with Gasteiger partial charge in [-0.2, -0.15) is 0 Å². The van der Waals surface area contributed by atoms with E-state index in [-0.39, 0.29) is 12.1 Å². The van der Waals surface area contributed by atoms with Gasteiger partial charge in [-0.25, -0.2) is 4.98 Å². The predicted octanol–water partition coefficient (Wildman–Crippen LogP) is 3.13. The van der Waals surface area contributed by atoms with Crippen LogP contribution in [0.3, 0.4) is 0 Å². The van der Waals surface area contributed by atoms with E-state index in [1.54, 1.807) is 12.3 Å². The zero-order valence-electron chi connectivity index (χ0n) is 9.74. The number of aliphatic hydroxyl groups excluding tert-OH is 1. The van der Waals surface area contributed by atoms with E-state index in [0.29, 0.717) is 15.9 Å². The molecule has 0 saturated heterocycles. The Balaban J connectivity index is 2.20. The molecule has 0 aromatic carbocycles. The molecule has 0 radical (unpaired) electrons. The molecular weight excluding hydrogens is 259 g/mol. The van der Waals surface area contributed by atoms with Crippen molar-refractivity contribution in [2.24, 2.45) is 0 Å². The Kier molecular flexibility index (Phi) is 4.13. The third-order valence-electron chi connectivity index (χ3n) is 3.31. The van der Waals surface area contributed by atoms with Gasteiger partial charge in [-0.05, 0) is 18.9 Å². The molecule has 3 nitrogen and oxygen atoms in total. The van der Waals surface area contributed by atoms with Gasteiger partial charge in [0.05, 0.1) is 22.2 Å². The number of halogens is 2. The summed E-state index contributed by atoms with van der Waals surface area (Å²) >= 11 is 11.9. The standard InChI is InChI=1S/C12H16Cl2N2O/c1-16(10-4-2-3-5-11(10)17)12-9(14)6-8(13)7-15-12/h6-7,10-11,17H,2-5H2,1H3. The summed E-state index contributed by atoms with van der Waals surface area (Å²) in [6, 6.07) is 1.77. The molecule has 1 heterocycles. The minimum atomic E-state index is -0.303.